The van der Waals surface area contributed by atoms with Crippen molar-refractivity contribution in [3.8, 4) is 0 Å². The second kappa shape index (κ2) is 7.70. The highest BCUT2D eigenvalue weighted by atomic mass is 19.1. The minimum Gasteiger partial charge on any atom is -0.381 e. The first kappa shape index (κ1) is 18.8. The number of amides is 2. The average Bonchev–Trinajstić information content (AvgIpc) is 2.67. The molecular formula is C19H24F2N2O3. The lowest BCUT2D eigenvalue weighted by Crippen LogP contribution is -2.53. The maximum Gasteiger partial charge on any atom is 0.233 e. The van der Waals surface area contributed by atoms with E-state index in [2.05, 4.69) is 5.32 Å². The summed E-state index contributed by atoms with van der Waals surface area (Å²) in [6, 6.07) is 3.41. The standard InChI is InChI=1S/C19H24F2N2O3/c1-22-17(24)13-4-8-23(9-5-13)18(25)19(6-10-26-11-7-19)15-3-2-14(20)12-16(15)21/h2-3,12-13H,4-11H2,1H3,(H,22,24). The summed E-state index contributed by atoms with van der Waals surface area (Å²) in [7, 11) is 1.61. The van der Waals surface area contributed by atoms with Gasteiger partial charge in [-0.15, -0.1) is 0 Å². The highest BCUT2D eigenvalue weighted by Gasteiger charge is 2.46. The minimum atomic E-state index is -1.03. The first-order valence-corrected chi connectivity index (χ1v) is 9.02. The Hall–Kier alpha value is -2.02. The van der Waals surface area contributed by atoms with Gasteiger partial charge in [-0.05, 0) is 31.7 Å². The molecular weight excluding hydrogens is 342 g/mol. The fourth-order valence-corrected chi connectivity index (χ4v) is 4.05. The van der Waals surface area contributed by atoms with Gasteiger partial charge in [0.25, 0.3) is 0 Å². The van der Waals surface area contributed by atoms with E-state index in [0.717, 1.165) is 6.07 Å². The molecule has 0 aromatic heterocycles. The highest BCUT2D eigenvalue weighted by molar-refractivity contribution is 5.89. The second-order valence-electron chi connectivity index (χ2n) is 7.00. The van der Waals surface area contributed by atoms with Crippen LogP contribution < -0.4 is 5.32 Å². The zero-order valence-electron chi connectivity index (χ0n) is 14.9. The second-order valence-corrected chi connectivity index (χ2v) is 7.00. The number of ether oxygens (including phenoxy) is 1. The lowest BCUT2D eigenvalue weighted by molar-refractivity contribution is -0.144. The molecule has 2 heterocycles. The molecule has 26 heavy (non-hydrogen) atoms. The van der Waals surface area contributed by atoms with Crippen molar-refractivity contribution in [2.45, 2.75) is 31.1 Å². The Labute approximate surface area is 151 Å². The number of rotatable bonds is 3. The topological polar surface area (TPSA) is 58.6 Å². The van der Waals surface area contributed by atoms with Crippen LogP contribution in [0.3, 0.4) is 0 Å². The number of nitrogens with zero attached hydrogens (tertiary/aromatic N) is 1. The van der Waals surface area contributed by atoms with Crippen molar-refractivity contribution in [1.82, 2.24) is 10.2 Å². The van der Waals surface area contributed by atoms with Crippen LogP contribution in [0, 0.1) is 17.6 Å². The van der Waals surface area contributed by atoms with Crippen LogP contribution in [0.2, 0.25) is 0 Å². The van der Waals surface area contributed by atoms with E-state index in [4.69, 9.17) is 4.74 Å². The number of hydrogen-bond donors (Lipinski definition) is 1. The molecule has 0 spiro atoms. The van der Waals surface area contributed by atoms with Crippen LogP contribution in [0.25, 0.3) is 0 Å². The molecule has 5 nitrogen and oxygen atoms in total. The summed E-state index contributed by atoms with van der Waals surface area (Å²) >= 11 is 0. The molecule has 0 radical (unpaired) electrons. The predicted octanol–water partition coefficient (Wildman–Crippen LogP) is 2.00. The van der Waals surface area contributed by atoms with Crippen molar-refractivity contribution >= 4 is 11.8 Å². The molecule has 2 saturated heterocycles. The van der Waals surface area contributed by atoms with Gasteiger partial charge in [-0.2, -0.15) is 0 Å². The molecule has 3 rings (SSSR count). The molecule has 0 bridgehead atoms. The van der Waals surface area contributed by atoms with E-state index < -0.39 is 17.0 Å². The molecule has 2 fully saturated rings. The summed E-state index contributed by atoms with van der Waals surface area (Å²) < 4.78 is 33.3. The SMILES string of the molecule is CNC(=O)C1CCN(C(=O)C2(c3ccc(F)cc3F)CCOCC2)CC1. The fourth-order valence-electron chi connectivity index (χ4n) is 4.05. The third kappa shape index (κ3) is 3.45. The Morgan fingerprint density at radius 1 is 1.19 bits per heavy atom. The van der Waals surface area contributed by atoms with Crippen LogP contribution in [-0.2, 0) is 19.7 Å². The number of benzene rings is 1. The molecule has 2 aliphatic heterocycles. The number of likely N-dealkylation sites (tertiary alicyclic amines) is 1. The smallest absolute Gasteiger partial charge is 0.233 e. The molecule has 2 amide bonds. The highest BCUT2D eigenvalue weighted by Crippen LogP contribution is 2.39. The lowest BCUT2D eigenvalue weighted by atomic mass is 9.72. The van der Waals surface area contributed by atoms with Crippen LogP contribution in [0.15, 0.2) is 18.2 Å². The van der Waals surface area contributed by atoms with Crippen molar-refractivity contribution in [2.24, 2.45) is 5.92 Å². The van der Waals surface area contributed by atoms with Crippen LogP contribution >= 0.6 is 0 Å². The zero-order chi connectivity index (χ0) is 18.7. The van der Waals surface area contributed by atoms with E-state index in [9.17, 15) is 18.4 Å². The summed E-state index contributed by atoms with van der Waals surface area (Å²) in [5.41, 5.74) is -0.795. The summed E-state index contributed by atoms with van der Waals surface area (Å²) in [5.74, 6) is -1.62. The maximum absolute atomic E-state index is 14.5. The van der Waals surface area contributed by atoms with Crippen LogP contribution in [0.5, 0.6) is 0 Å². The number of halogens is 2. The molecule has 142 valence electrons. The predicted molar refractivity (Wildman–Crippen MR) is 91.5 cm³/mol. The van der Waals surface area contributed by atoms with Crippen molar-refractivity contribution in [3.63, 3.8) is 0 Å². The quantitative estimate of drug-likeness (QED) is 0.890. The van der Waals surface area contributed by atoms with Gasteiger partial charge < -0.3 is 15.0 Å². The van der Waals surface area contributed by atoms with Gasteiger partial charge in [-0.1, -0.05) is 6.07 Å². The van der Waals surface area contributed by atoms with E-state index in [0.29, 0.717) is 52.0 Å². The molecule has 2 aliphatic rings. The first-order valence-electron chi connectivity index (χ1n) is 9.02. The molecule has 1 aromatic rings. The molecule has 1 aromatic carbocycles. The fraction of sp³-hybridized carbons (Fsp3) is 0.579. The largest absolute Gasteiger partial charge is 0.381 e. The van der Waals surface area contributed by atoms with E-state index >= 15 is 0 Å². The third-order valence-corrected chi connectivity index (χ3v) is 5.60. The van der Waals surface area contributed by atoms with Gasteiger partial charge in [-0.25, -0.2) is 8.78 Å². The Bertz CT molecular complexity index is 681. The minimum absolute atomic E-state index is 0.0116. The molecule has 0 aliphatic carbocycles. The molecule has 1 N–H and O–H groups in total. The van der Waals surface area contributed by atoms with Crippen LogP contribution in [0.1, 0.15) is 31.2 Å². The Morgan fingerprint density at radius 2 is 1.85 bits per heavy atom. The number of piperidine rings is 1. The van der Waals surface area contributed by atoms with E-state index in [1.54, 1.807) is 11.9 Å². The first-order chi connectivity index (χ1) is 12.5. The number of nitrogens with one attached hydrogen (secondary N) is 1. The van der Waals surface area contributed by atoms with E-state index in [1.165, 1.54) is 12.1 Å². The zero-order valence-corrected chi connectivity index (χ0v) is 14.9. The molecule has 0 unspecified atom stereocenters. The van der Waals surface area contributed by atoms with E-state index in [-0.39, 0.29) is 23.3 Å². The Balaban J connectivity index is 1.84. The Morgan fingerprint density at radius 3 is 2.42 bits per heavy atom. The van der Waals surface area contributed by atoms with Crippen LogP contribution in [-0.4, -0.2) is 50.1 Å². The molecule has 0 atom stereocenters. The summed E-state index contributed by atoms with van der Waals surface area (Å²) in [6.07, 6.45) is 1.90. The number of hydrogen-bond acceptors (Lipinski definition) is 3. The van der Waals surface area contributed by atoms with Crippen LogP contribution in [0.4, 0.5) is 8.78 Å². The number of carbonyl (C=O) groups is 2. The van der Waals surface area contributed by atoms with Gasteiger partial charge in [0.2, 0.25) is 11.8 Å². The van der Waals surface area contributed by atoms with Gasteiger partial charge in [0.15, 0.2) is 0 Å². The van der Waals surface area contributed by atoms with Crippen molar-refractivity contribution < 1.29 is 23.1 Å². The summed E-state index contributed by atoms with van der Waals surface area (Å²) in [5, 5.41) is 2.64. The summed E-state index contributed by atoms with van der Waals surface area (Å²) in [4.78, 5) is 26.9. The van der Waals surface area contributed by atoms with Crippen molar-refractivity contribution in [1.29, 1.82) is 0 Å². The van der Waals surface area contributed by atoms with E-state index in [1.807, 2.05) is 0 Å². The maximum atomic E-state index is 14.5. The third-order valence-electron chi connectivity index (χ3n) is 5.60. The lowest BCUT2D eigenvalue weighted by Gasteiger charge is -2.42. The van der Waals surface area contributed by atoms with Gasteiger partial charge in [-0.3, -0.25) is 9.59 Å². The summed E-state index contributed by atoms with van der Waals surface area (Å²) in [6.45, 7) is 1.64. The van der Waals surface area contributed by atoms with Crippen molar-refractivity contribution in [2.75, 3.05) is 33.4 Å². The van der Waals surface area contributed by atoms with Gasteiger partial charge in [0.1, 0.15) is 11.6 Å². The van der Waals surface area contributed by atoms with Gasteiger partial charge >= 0.3 is 0 Å². The molecule has 0 saturated carbocycles. The van der Waals surface area contributed by atoms with Gasteiger partial charge in [0, 0.05) is 50.9 Å². The monoisotopic (exact) mass is 366 g/mol. The Kier molecular flexibility index (Phi) is 5.55. The van der Waals surface area contributed by atoms with Crippen molar-refractivity contribution in [3.05, 3.63) is 35.4 Å². The van der Waals surface area contributed by atoms with Gasteiger partial charge in [0.05, 0.1) is 5.41 Å². The average molecular weight is 366 g/mol. The normalized spacial score (nSPS) is 20.7. The molecule has 7 heteroatoms. The number of carbonyl (C=O) groups excluding carboxylic acids is 2.